The number of piperidine rings is 1. The van der Waals surface area contributed by atoms with E-state index in [-0.39, 0.29) is 29.7 Å². The van der Waals surface area contributed by atoms with Crippen LogP contribution in [0.3, 0.4) is 0 Å². The van der Waals surface area contributed by atoms with Gasteiger partial charge in [-0.05, 0) is 36.8 Å². The number of pyridine rings is 1. The quantitative estimate of drug-likeness (QED) is 0.747. The summed E-state index contributed by atoms with van der Waals surface area (Å²) in [6, 6.07) is 4.95. The summed E-state index contributed by atoms with van der Waals surface area (Å²) in [4.78, 5) is 18.6. The van der Waals surface area contributed by atoms with Gasteiger partial charge in [0.05, 0.1) is 5.69 Å². The van der Waals surface area contributed by atoms with E-state index in [1.807, 2.05) is 20.8 Å². The monoisotopic (exact) mass is 435 g/mol. The Labute approximate surface area is 179 Å². The lowest BCUT2D eigenvalue weighted by Crippen LogP contribution is -2.44. The molecule has 1 saturated heterocycles. The van der Waals surface area contributed by atoms with E-state index in [2.05, 4.69) is 15.4 Å². The third kappa shape index (κ3) is 4.41. The van der Waals surface area contributed by atoms with Crippen LogP contribution in [0.2, 0.25) is 0 Å². The van der Waals surface area contributed by atoms with Gasteiger partial charge in [-0.25, -0.2) is 4.68 Å². The Morgan fingerprint density at radius 2 is 2.00 bits per heavy atom. The Morgan fingerprint density at radius 3 is 2.65 bits per heavy atom. The van der Waals surface area contributed by atoms with Gasteiger partial charge in [0.25, 0.3) is 5.91 Å². The molecule has 2 aromatic heterocycles. The minimum atomic E-state index is -4.38. The molecule has 31 heavy (non-hydrogen) atoms. The number of hydrogen-bond donors (Lipinski definition) is 1. The predicted octanol–water partition coefficient (Wildman–Crippen LogP) is 4.63. The fraction of sp³-hybridized carbons (Fsp3) is 0.591. The highest BCUT2D eigenvalue weighted by Crippen LogP contribution is 2.44. The van der Waals surface area contributed by atoms with Crippen LogP contribution in [0.5, 0.6) is 0 Å². The number of anilines is 1. The molecule has 2 aliphatic heterocycles. The zero-order valence-electron chi connectivity index (χ0n) is 18.0. The number of carbonyl (C=O) groups excluding carboxylic acids is 1. The summed E-state index contributed by atoms with van der Waals surface area (Å²) >= 11 is 0. The molecule has 168 valence electrons. The van der Waals surface area contributed by atoms with Crippen LogP contribution < -0.4 is 5.32 Å². The second kappa shape index (κ2) is 7.84. The summed E-state index contributed by atoms with van der Waals surface area (Å²) in [7, 11) is 0. The second-order valence-corrected chi connectivity index (χ2v) is 9.56. The molecule has 0 aliphatic carbocycles. The Hall–Kier alpha value is -2.58. The maximum absolute atomic E-state index is 13.8. The third-order valence-corrected chi connectivity index (χ3v) is 6.27. The molecular weight excluding hydrogens is 407 g/mol. The first kappa shape index (κ1) is 21.6. The van der Waals surface area contributed by atoms with Crippen LogP contribution in [-0.4, -0.2) is 50.9 Å². The lowest BCUT2D eigenvalue weighted by molar-refractivity contribution is -0.175. The van der Waals surface area contributed by atoms with Crippen LogP contribution >= 0.6 is 0 Å². The van der Waals surface area contributed by atoms with Crippen molar-refractivity contribution in [3.8, 4) is 0 Å². The number of alkyl halides is 3. The number of hydrogen-bond acceptors (Lipinski definition) is 4. The number of halogens is 3. The molecule has 4 heterocycles. The summed E-state index contributed by atoms with van der Waals surface area (Å²) in [5, 5.41) is 7.65. The van der Waals surface area contributed by atoms with Crippen LogP contribution in [0.25, 0.3) is 0 Å². The van der Waals surface area contributed by atoms with Crippen LogP contribution in [0.15, 0.2) is 30.5 Å². The van der Waals surface area contributed by atoms with Crippen molar-refractivity contribution >= 4 is 11.7 Å². The maximum Gasteiger partial charge on any atom is 0.410 e. The molecule has 0 unspecified atom stereocenters. The number of fused-ring (bicyclic) bond motifs is 1. The number of likely N-dealkylation sites (tertiary alicyclic amines) is 1. The SMILES string of the molecule is CC(C)(C)[C@H]1C[C@@H](C(F)(F)F)n2nc([C@@H]3CCCN(C(=O)c4ccccn4)C3)cc2N1. The fourth-order valence-electron chi connectivity index (χ4n) is 4.42. The second-order valence-electron chi connectivity index (χ2n) is 9.56. The normalized spacial score (nSPS) is 24.5. The Kier molecular flexibility index (Phi) is 5.47. The first-order valence-electron chi connectivity index (χ1n) is 10.7. The van der Waals surface area contributed by atoms with Crippen molar-refractivity contribution in [2.45, 2.75) is 64.2 Å². The lowest BCUT2D eigenvalue weighted by Gasteiger charge is -2.39. The zero-order valence-corrected chi connectivity index (χ0v) is 18.0. The van der Waals surface area contributed by atoms with E-state index in [9.17, 15) is 18.0 Å². The van der Waals surface area contributed by atoms with E-state index in [1.54, 1.807) is 35.4 Å². The summed E-state index contributed by atoms with van der Waals surface area (Å²) < 4.78 is 42.6. The molecule has 2 aromatic rings. The molecule has 4 rings (SSSR count). The molecule has 6 nitrogen and oxygen atoms in total. The summed E-state index contributed by atoms with van der Waals surface area (Å²) in [6.45, 7) is 6.84. The van der Waals surface area contributed by atoms with Crippen LogP contribution in [0.1, 0.15) is 68.2 Å². The summed E-state index contributed by atoms with van der Waals surface area (Å²) in [5.74, 6) is 0.133. The van der Waals surface area contributed by atoms with Crippen molar-refractivity contribution in [2.75, 3.05) is 18.4 Å². The largest absolute Gasteiger partial charge is 0.410 e. The molecule has 3 atom stereocenters. The number of aromatic nitrogens is 3. The van der Waals surface area contributed by atoms with Crippen molar-refractivity contribution in [3.05, 3.63) is 41.9 Å². The minimum Gasteiger partial charge on any atom is -0.367 e. The van der Waals surface area contributed by atoms with Crippen LogP contribution in [0, 0.1) is 5.41 Å². The molecule has 9 heteroatoms. The first-order chi connectivity index (χ1) is 14.5. The van der Waals surface area contributed by atoms with Gasteiger partial charge in [0.15, 0.2) is 6.04 Å². The first-order valence-corrected chi connectivity index (χ1v) is 10.7. The van der Waals surface area contributed by atoms with Gasteiger partial charge in [0.2, 0.25) is 0 Å². The number of carbonyl (C=O) groups is 1. The van der Waals surface area contributed by atoms with Gasteiger partial charge in [0.1, 0.15) is 11.5 Å². The minimum absolute atomic E-state index is 0.0595. The van der Waals surface area contributed by atoms with E-state index in [1.165, 1.54) is 0 Å². The van der Waals surface area contributed by atoms with Crippen LogP contribution in [-0.2, 0) is 0 Å². The Morgan fingerprint density at radius 1 is 1.23 bits per heavy atom. The molecule has 1 N–H and O–H groups in total. The van der Waals surface area contributed by atoms with Gasteiger partial charge in [-0.1, -0.05) is 26.8 Å². The Bertz CT molecular complexity index is 935. The van der Waals surface area contributed by atoms with E-state index in [4.69, 9.17) is 0 Å². The van der Waals surface area contributed by atoms with Gasteiger partial charge in [-0.15, -0.1) is 0 Å². The molecule has 0 spiro atoms. The molecular formula is C22H28F3N5O. The lowest BCUT2D eigenvalue weighted by atomic mass is 9.82. The standard InChI is InChI=1S/C22H28F3N5O/c1-21(2,3)17-12-18(22(23,24)25)30-19(27-17)11-16(28-30)14-7-6-10-29(13-14)20(31)15-8-4-5-9-26-15/h4-5,8-9,11,14,17-18,27H,6-7,10,12-13H2,1-3H3/t14-,17-,18+/m1/s1. The maximum atomic E-state index is 13.8. The highest BCUT2D eigenvalue weighted by atomic mass is 19.4. The fourth-order valence-corrected chi connectivity index (χ4v) is 4.42. The summed E-state index contributed by atoms with van der Waals surface area (Å²) in [5.41, 5.74) is 0.652. The van der Waals surface area contributed by atoms with Crippen molar-refractivity contribution in [1.29, 1.82) is 0 Å². The molecule has 0 aromatic carbocycles. The molecule has 0 bridgehead atoms. The number of rotatable bonds is 2. The van der Waals surface area contributed by atoms with Crippen molar-refractivity contribution < 1.29 is 18.0 Å². The molecule has 1 fully saturated rings. The smallest absolute Gasteiger partial charge is 0.367 e. The topological polar surface area (TPSA) is 63.1 Å². The number of nitrogens with zero attached hydrogens (tertiary/aromatic N) is 4. The highest BCUT2D eigenvalue weighted by molar-refractivity contribution is 5.92. The predicted molar refractivity (Wildman–Crippen MR) is 111 cm³/mol. The molecule has 0 radical (unpaired) electrons. The van der Waals surface area contributed by atoms with Gasteiger partial charge in [-0.3, -0.25) is 9.78 Å². The van der Waals surface area contributed by atoms with Gasteiger partial charge in [-0.2, -0.15) is 18.3 Å². The van der Waals surface area contributed by atoms with Gasteiger partial charge >= 0.3 is 6.18 Å². The van der Waals surface area contributed by atoms with Crippen LogP contribution in [0.4, 0.5) is 19.0 Å². The number of amides is 1. The average Bonchev–Trinajstić information content (AvgIpc) is 3.16. The van der Waals surface area contributed by atoms with Gasteiger partial charge < -0.3 is 10.2 Å². The Balaban J connectivity index is 1.59. The van der Waals surface area contributed by atoms with E-state index >= 15 is 0 Å². The van der Waals surface area contributed by atoms with E-state index in [0.717, 1.165) is 17.5 Å². The number of nitrogens with one attached hydrogen (secondary N) is 1. The highest BCUT2D eigenvalue weighted by Gasteiger charge is 2.48. The van der Waals surface area contributed by atoms with Crippen molar-refractivity contribution in [3.63, 3.8) is 0 Å². The zero-order chi connectivity index (χ0) is 22.4. The summed E-state index contributed by atoms with van der Waals surface area (Å²) in [6.07, 6.45) is -1.31. The molecule has 1 amide bonds. The molecule has 0 saturated carbocycles. The average molecular weight is 435 g/mol. The van der Waals surface area contributed by atoms with Crippen molar-refractivity contribution in [2.24, 2.45) is 5.41 Å². The van der Waals surface area contributed by atoms with E-state index < -0.39 is 12.2 Å². The van der Waals surface area contributed by atoms with Gasteiger partial charge in [0, 0.05) is 37.3 Å². The van der Waals surface area contributed by atoms with Crippen molar-refractivity contribution in [1.82, 2.24) is 19.7 Å². The molecule has 2 aliphatic rings. The third-order valence-electron chi connectivity index (χ3n) is 6.27. The van der Waals surface area contributed by atoms with E-state index in [0.29, 0.717) is 30.3 Å².